The molecule has 0 spiro atoms. The summed E-state index contributed by atoms with van der Waals surface area (Å²) < 4.78 is 0. The lowest BCUT2D eigenvalue weighted by molar-refractivity contribution is 0.0961. The molecule has 2 saturated heterocycles. The van der Waals surface area contributed by atoms with Gasteiger partial charge in [0, 0.05) is 25.2 Å². The molecular weight excluding hydrogens is 210 g/mol. The van der Waals surface area contributed by atoms with Crippen LogP contribution in [0.1, 0.15) is 33.1 Å². The summed E-state index contributed by atoms with van der Waals surface area (Å²) in [6.07, 6.45) is 4.06. The Balaban J connectivity index is 1.74. The van der Waals surface area contributed by atoms with Crippen LogP contribution >= 0.6 is 0 Å². The van der Waals surface area contributed by atoms with Gasteiger partial charge in [-0.25, -0.2) is 0 Å². The molecule has 0 radical (unpaired) electrons. The summed E-state index contributed by atoms with van der Waals surface area (Å²) in [5.74, 6) is 0.809. The number of likely N-dealkylation sites (tertiary alicyclic amines) is 1. The minimum Gasteiger partial charge on any atom is -0.315 e. The summed E-state index contributed by atoms with van der Waals surface area (Å²) in [4.78, 5) is 5.29. The molecule has 0 aromatic carbocycles. The molecule has 0 aromatic rings. The number of nitrogens with one attached hydrogen (secondary N) is 1. The van der Waals surface area contributed by atoms with Crippen LogP contribution in [0.15, 0.2) is 0 Å². The first-order valence-corrected chi connectivity index (χ1v) is 7.32. The van der Waals surface area contributed by atoms with Crippen LogP contribution in [0, 0.1) is 5.92 Å². The minimum atomic E-state index is 0.789. The Hall–Kier alpha value is -0.120. The standard InChI is InChI=1S/C14H29N3/c1-12(2)11-17-8-5-13(6-9-17)16(3)14-4-7-15-10-14/h12-15H,4-11H2,1-3H3. The fourth-order valence-corrected chi connectivity index (χ4v) is 3.31. The molecule has 17 heavy (non-hydrogen) atoms. The van der Waals surface area contributed by atoms with Crippen LogP contribution in [0.5, 0.6) is 0 Å². The minimum absolute atomic E-state index is 0.789. The molecule has 0 saturated carbocycles. The van der Waals surface area contributed by atoms with Gasteiger partial charge in [-0.05, 0) is 51.9 Å². The molecule has 2 aliphatic heterocycles. The van der Waals surface area contributed by atoms with Gasteiger partial charge < -0.3 is 10.2 Å². The lowest BCUT2D eigenvalue weighted by atomic mass is 10.0. The second-order valence-corrected chi connectivity index (χ2v) is 6.24. The van der Waals surface area contributed by atoms with E-state index in [1.54, 1.807) is 0 Å². The van der Waals surface area contributed by atoms with Gasteiger partial charge in [-0.2, -0.15) is 0 Å². The van der Waals surface area contributed by atoms with E-state index in [-0.39, 0.29) is 0 Å². The maximum Gasteiger partial charge on any atom is 0.0232 e. The van der Waals surface area contributed by atoms with Crippen LogP contribution in [-0.2, 0) is 0 Å². The first-order valence-electron chi connectivity index (χ1n) is 7.32. The molecule has 1 unspecified atom stereocenters. The quantitative estimate of drug-likeness (QED) is 0.800. The normalized spacial score (nSPS) is 28.4. The van der Waals surface area contributed by atoms with Gasteiger partial charge in [0.15, 0.2) is 0 Å². The van der Waals surface area contributed by atoms with Crippen molar-refractivity contribution < 1.29 is 0 Å². The van der Waals surface area contributed by atoms with E-state index in [0.717, 1.165) is 18.0 Å². The number of hydrogen-bond donors (Lipinski definition) is 1. The van der Waals surface area contributed by atoms with E-state index in [1.165, 1.54) is 52.0 Å². The molecule has 100 valence electrons. The van der Waals surface area contributed by atoms with E-state index in [9.17, 15) is 0 Å². The topological polar surface area (TPSA) is 18.5 Å². The van der Waals surface area contributed by atoms with Gasteiger partial charge in [-0.3, -0.25) is 4.90 Å². The number of piperidine rings is 1. The molecule has 2 fully saturated rings. The Morgan fingerprint density at radius 2 is 1.88 bits per heavy atom. The first kappa shape index (κ1) is 13.3. The molecule has 0 amide bonds. The predicted molar refractivity (Wildman–Crippen MR) is 73.3 cm³/mol. The zero-order chi connectivity index (χ0) is 12.3. The van der Waals surface area contributed by atoms with Crippen LogP contribution in [0.4, 0.5) is 0 Å². The largest absolute Gasteiger partial charge is 0.315 e. The average Bonchev–Trinajstić information content (AvgIpc) is 2.82. The van der Waals surface area contributed by atoms with Gasteiger partial charge in [0.1, 0.15) is 0 Å². The molecule has 0 aliphatic carbocycles. The molecule has 2 heterocycles. The second kappa shape index (κ2) is 6.17. The average molecular weight is 239 g/mol. The van der Waals surface area contributed by atoms with Crippen molar-refractivity contribution in [2.75, 3.05) is 39.8 Å². The molecule has 2 rings (SSSR count). The third kappa shape index (κ3) is 3.67. The zero-order valence-electron chi connectivity index (χ0n) is 11.8. The van der Waals surface area contributed by atoms with E-state index in [1.807, 2.05) is 0 Å². The van der Waals surface area contributed by atoms with Gasteiger partial charge in [0.05, 0.1) is 0 Å². The number of nitrogens with zero attached hydrogens (tertiary/aromatic N) is 2. The van der Waals surface area contributed by atoms with Gasteiger partial charge in [-0.1, -0.05) is 13.8 Å². The van der Waals surface area contributed by atoms with Crippen molar-refractivity contribution in [1.29, 1.82) is 0 Å². The second-order valence-electron chi connectivity index (χ2n) is 6.24. The van der Waals surface area contributed by atoms with Gasteiger partial charge in [-0.15, -0.1) is 0 Å². The third-order valence-electron chi connectivity index (χ3n) is 4.37. The van der Waals surface area contributed by atoms with Gasteiger partial charge in [0.2, 0.25) is 0 Å². The van der Waals surface area contributed by atoms with Crippen LogP contribution in [-0.4, -0.2) is 61.7 Å². The van der Waals surface area contributed by atoms with Crippen molar-refractivity contribution >= 4 is 0 Å². The van der Waals surface area contributed by atoms with Crippen LogP contribution in [0.2, 0.25) is 0 Å². The monoisotopic (exact) mass is 239 g/mol. The van der Waals surface area contributed by atoms with Crippen molar-refractivity contribution in [2.24, 2.45) is 5.92 Å². The molecule has 0 aromatic heterocycles. The van der Waals surface area contributed by atoms with Crippen molar-refractivity contribution in [2.45, 2.75) is 45.2 Å². The molecular formula is C14H29N3. The third-order valence-corrected chi connectivity index (χ3v) is 4.37. The summed E-state index contributed by atoms with van der Waals surface area (Å²) >= 11 is 0. The smallest absolute Gasteiger partial charge is 0.0232 e. The van der Waals surface area contributed by atoms with Gasteiger partial charge >= 0.3 is 0 Å². The summed E-state index contributed by atoms with van der Waals surface area (Å²) in [5.41, 5.74) is 0. The molecule has 3 nitrogen and oxygen atoms in total. The van der Waals surface area contributed by atoms with Crippen molar-refractivity contribution in [3.8, 4) is 0 Å². The van der Waals surface area contributed by atoms with E-state index < -0.39 is 0 Å². The zero-order valence-corrected chi connectivity index (χ0v) is 11.8. The lowest BCUT2D eigenvalue weighted by Crippen LogP contribution is -2.48. The predicted octanol–water partition coefficient (Wildman–Crippen LogP) is 1.40. The first-order chi connectivity index (χ1) is 8.16. The number of likely N-dealkylation sites (N-methyl/N-ethyl adjacent to an activating group) is 1. The Kier molecular flexibility index (Phi) is 4.83. The fraction of sp³-hybridized carbons (Fsp3) is 1.00. The van der Waals surface area contributed by atoms with Crippen LogP contribution in [0.25, 0.3) is 0 Å². The van der Waals surface area contributed by atoms with E-state index >= 15 is 0 Å². The number of rotatable bonds is 4. The van der Waals surface area contributed by atoms with E-state index in [4.69, 9.17) is 0 Å². The van der Waals surface area contributed by atoms with E-state index in [0.29, 0.717) is 0 Å². The Morgan fingerprint density at radius 1 is 1.18 bits per heavy atom. The van der Waals surface area contributed by atoms with Crippen LogP contribution < -0.4 is 5.32 Å². The SMILES string of the molecule is CC(C)CN1CCC(N(C)C2CCNC2)CC1. The maximum atomic E-state index is 3.48. The lowest BCUT2D eigenvalue weighted by Gasteiger charge is -2.39. The van der Waals surface area contributed by atoms with Gasteiger partial charge in [0.25, 0.3) is 0 Å². The fourth-order valence-electron chi connectivity index (χ4n) is 3.31. The van der Waals surface area contributed by atoms with E-state index in [2.05, 4.69) is 36.0 Å². The summed E-state index contributed by atoms with van der Waals surface area (Å²) in [7, 11) is 2.33. The summed E-state index contributed by atoms with van der Waals surface area (Å²) in [6, 6.07) is 1.61. The summed E-state index contributed by atoms with van der Waals surface area (Å²) in [6.45, 7) is 10.9. The van der Waals surface area contributed by atoms with Crippen molar-refractivity contribution in [3.63, 3.8) is 0 Å². The molecule has 1 atom stereocenters. The highest BCUT2D eigenvalue weighted by Crippen LogP contribution is 2.20. The molecule has 0 bridgehead atoms. The Bertz CT molecular complexity index is 216. The highest BCUT2D eigenvalue weighted by atomic mass is 15.2. The molecule has 3 heteroatoms. The van der Waals surface area contributed by atoms with Crippen LogP contribution in [0.3, 0.4) is 0 Å². The Labute approximate surface area is 107 Å². The number of hydrogen-bond acceptors (Lipinski definition) is 3. The summed E-state index contributed by atoms with van der Waals surface area (Å²) in [5, 5.41) is 3.48. The Morgan fingerprint density at radius 3 is 2.41 bits per heavy atom. The molecule has 1 N–H and O–H groups in total. The van der Waals surface area contributed by atoms with Crippen molar-refractivity contribution in [1.82, 2.24) is 15.1 Å². The highest BCUT2D eigenvalue weighted by Gasteiger charge is 2.28. The highest BCUT2D eigenvalue weighted by molar-refractivity contribution is 4.86. The van der Waals surface area contributed by atoms with Crippen molar-refractivity contribution in [3.05, 3.63) is 0 Å². The maximum absolute atomic E-state index is 3.48. The molecule has 2 aliphatic rings.